The molecule has 1 heterocycles. The van der Waals surface area contributed by atoms with Gasteiger partial charge in [0.1, 0.15) is 0 Å². The molecule has 0 bridgehead atoms. The van der Waals surface area contributed by atoms with E-state index in [2.05, 4.69) is 44.9 Å². The minimum absolute atomic E-state index is 0.0663. The van der Waals surface area contributed by atoms with Crippen molar-refractivity contribution in [3.63, 3.8) is 0 Å². The van der Waals surface area contributed by atoms with E-state index >= 15 is 0 Å². The van der Waals surface area contributed by atoms with Crippen molar-refractivity contribution in [2.45, 2.75) is 53.2 Å². The van der Waals surface area contributed by atoms with Gasteiger partial charge < -0.3 is 5.11 Å². The third-order valence-corrected chi connectivity index (χ3v) is 3.69. The molecule has 0 spiro atoms. The highest BCUT2D eigenvalue weighted by Gasteiger charge is 2.22. The minimum Gasteiger partial charge on any atom is -0.393 e. The van der Waals surface area contributed by atoms with Gasteiger partial charge in [-0.1, -0.05) is 39.0 Å². The van der Waals surface area contributed by atoms with E-state index in [0.717, 1.165) is 25.1 Å². The van der Waals surface area contributed by atoms with Gasteiger partial charge in [0.05, 0.1) is 17.3 Å². The van der Waals surface area contributed by atoms with Crippen LogP contribution in [0.15, 0.2) is 24.3 Å². The van der Waals surface area contributed by atoms with Crippen molar-refractivity contribution in [3.8, 4) is 0 Å². The van der Waals surface area contributed by atoms with Gasteiger partial charge in [0, 0.05) is 11.9 Å². The molecule has 1 N–H and O–H groups in total. The second-order valence-corrected chi connectivity index (χ2v) is 6.20. The summed E-state index contributed by atoms with van der Waals surface area (Å²) < 4.78 is 2.04. The normalized spacial score (nSPS) is 13.9. The van der Waals surface area contributed by atoms with Gasteiger partial charge in [0.25, 0.3) is 0 Å². The average Bonchev–Trinajstić information content (AvgIpc) is 2.73. The molecular formula is C16H24N2O. The zero-order valence-electron chi connectivity index (χ0n) is 12.3. The van der Waals surface area contributed by atoms with Crippen molar-refractivity contribution in [2.75, 3.05) is 0 Å². The summed E-state index contributed by atoms with van der Waals surface area (Å²) in [5, 5.41) is 16.0. The first kappa shape index (κ1) is 14.1. The average molecular weight is 260 g/mol. The Morgan fingerprint density at radius 3 is 2.58 bits per heavy atom. The van der Waals surface area contributed by atoms with Gasteiger partial charge in [0.2, 0.25) is 0 Å². The highest BCUT2D eigenvalue weighted by Crippen LogP contribution is 2.25. The van der Waals surface area contributed by atoms with Gasteiger partial charge >= 0.3 is 0 Å². The Balaban J connectivity index is 2.22. The summed E-state index contributed by atoms with van der Waals surface area (Å²) in [4.78, 5) is 0. The van der Waals surface area contributed by atoms with Gasteiger partial charge in [0.15, 0.2) is 0 Å². The fraction of sp³-hybridized carbons (Fsp3) is 0.562. The van der Waals surface area contributed by atoms with E-state index in [1.807, 2.05) is 16.8 Å². The van der Waals surface area contributed by atoms with Crippen molar-refractivity contribution in [1.82, 2.24) is 9.78 Å². The van der Waals surface area contributed by atoms with Crippen LogP contribution in [0.2, 0.25) is 0 Å². The number of para-hydroxylation sites is 1. The summed E-state index contributed by atoms with van der Waals surface area (Å²) in [5.41, 5.74) is 2.22. The Morgan fingerprint density at radius 2 is 1.95 bits per heavy atom. The molecule has 0 saturated heterocycles. The van der Waals surface area contributed by atoms with E-state index in [9.17, 15) is 5.11 Å². The number of hydrogen-bond acceptors (Lipinski definition) is 2. The topological polar surface area (TPSA) is 38.0 Å². The van der Waals surface area contributed by atoms with Crippen LogP contribution in [-0.2, 0) is 13.0 Å². The van der Waals surface area contributed by atoms with Gasteiger partial charge in [-0.2, -0.15) is 5.10 Å². The molecule has 0 aliphatic heterocycles. The minimum atomic E-state index is -0.293. The maximum Gasteiger partial charge on any atom is 0.0704 e. The first-order valence-electron chi connectivity index (χ1n) is 7.06. The van der Waals surface area contributed by atoms with E-state index < -0.39 is 0 Å². The lowest BCUT2D eigenvalue weighted by Gasteiger charge is -2.25. The lowest BCUT2D eigenvalue weighted by Crippen LogP contribution is -2.26. The van der Waals surface area contributed by atoms with Crippen molar-refractivity contribution in [3.05, 3.63) is 30.0 Å². The van der Waals surface area contributed by atoms with E-state index in [0.29, 0.717) is 0 Å². The SMILES string of the molecule is CCn1nc(CCC(O)C(C)(C)C)c2ccccc21. The second-order valence-electron chi connectivity index (χ2n) is 6.20. The van der Waals surface area contributed by atoms with Crippen LogP contribution in [0.25, 0.3) is 10.9 Å². The molecule has 0 radical (unpaired) electrons. The van der Waals surface area contributed by atoms with E-state index in [1.54, 1.807) is 0 Å². The summed E-state index contributed by atoms with van der Waals surface area (Å²) in [6, 6.07) is 8.32. The van der Waals surface area contributed by atoms with Gasteiger partial charge in [-0.3, -0.25) is 4.68 Å². The number of aryl methyl sites for hydroxylation is 2. The fourth-order valence-electron chi connectivity index (χ4n) is 2.33. The largest absolute Gasteiger partial charge is 0.393 e. The molecule has 2 rings (SSSR count). The van der Waals surface area contributed by atoms with Crippen LogP contribution in [0.1, 0.15) is 39.8 Å². The van der Waals surface area contributed by atoms with Crippen molar-refractivity contribution >= 4 is 10.9 Å². The Hall–Kier alpha value is -1.35. The molecule has 104 valence electrons. The van der Waals surface area contributed by atoms with Crippen LogP contribution in [0.4, 0.5) is 0 Å². The van der Waals surface area contributed by atoms with Crippen LogP contribution in [0, 0.1) is 5.41 Å². The number of aliphatic hydroxyl groups excluding tert-OH is 1. The van der Waals surface area contributed by atoms with Gasteiger partial charge in [-0.25, -0.2) is 0 Å². The maximum absolute atomic E-state index is 10.1. The maximum atomic E-state index is 10.1. The van der Waals surface area contributed by atoms with Crippen molar-refractivity contribution in [1.29, 1.82) is 0 Å². The summed E-state index contributed by atoms with van der Waals surface area (Å²) >= 11 is 0. The summed E-state index contributed by atoms with van der Waals surface area (Å²) in [7, 11) is 0. The zero-order valence-corrected chi connectivity index (χ0v) is 12.3. The molecule has 3 nitrogen and oxygen atoms in total. The highest BCUT2D eigenvalue weighted by molar-refractivity contribution is 5.81. The molecule has 0 aliphatic rings. The molecule has 0 fully saturated rings. The quantitative estimate of drug-likeness (QED) is 0.915. The highest BCUT2D eigenvalue weighted by atomic mass is 16.3. The van der Waals surface area contributed by atoms with Crippen LogP contribution < -0.4 is 0 Å². The third kappa shape index (κ3) is 2.98. The lowest BCUT2D eigenvalue weighted by atomic mass is 9.86. The molecule has 1 aromatic carbocycles. The molecule has 2 aromatic rings. The van der Waals surface area contributed by atoms with Gasteiger partial charge in [-0.05, 0) is 31.2 Å². The number of aliphatic hydroxyl groups is 1. The van der Waals surface area contributed by atoms with Gasteiger partial charge in [-0.15, -0.1) is 0 Å². The first-order chi connectivity index (χ1) is 8.93. The fourth-order valence-corrected chi connectivity index (χ4v) is 2.33. The molecule has 0 saturated carbocycles. The molecular weight excluding hydrogens is 236 g/mol. The standard InChI is InChI=1S/C16H24N2O/c1-5-18-14-9-7-6-8-12(14)13(17-18)10-11-15(19)16(2,3)4/h6-9,15,19H,5,10-11H2,1-4H3. The summed E-state index contributed by atoms with van der Waals surface area (Å²) in [5.74, 6) is 0. The van der Waals surface area contributed by atoms with E-state index in [-0.39, 0.29) is 11.5 Å². The number of fused-ring (bicyclic) bond motifs is 1. The van der Waals surface area contributed by atoms with Crippen LogP contribution in [-0.4, -0.2) is 21.0 Å². The van der Waals surface area contributed by atoms with Crippen LogP contribution in [0.3, 0.4) is 0 Å². The van der Waals surface area contributed by atoms with Crippen molar-refractivity contribution in [2.24, 2.45) is 5.41 Å². The summed E-state index contributed by atoms with van der Waals surface area (Å²) in [6.07, 6.45) is 1.29. The monoisotopic (exact) mass is 260 g/mol. The number of nitrogens with zero attached hydrogens (tertiary/aromatic N) is 2. The Labute approximate surface area is 115 Å². The Kier molecular flexibility index (Phi) is 3.95. The molecule has 1 aromatic heterocycles. The number of hydrogen-bond donors (Lipinski definition) is 1. The molecule has 19 heavy (non-hydrogen) atoms. The first-order valence-corrected chi connectivity index (χ1v) is 7.06. The smallest absolute Gasteiger partial charge is 0.0704 e. The predicted molar refractivity (Wildman–Crippen MR) is 79.2 cm³/mol. The Bertz CT molecular complexity index is 551. The Morgan fingerprint density at radius 1 is 1.26 bits per heavy atom. The molecule has 0 amide bonds. The van der Waals surface area contributed by atoms with E-state index in [1.165, 1.54) is 10.9 Å². The lowest BCUT2D eigenvalue weighted by molar-refractivity contribution is 0.0558. The van der Waals surface area contributed by atoms with E-state index in [4.69, 9.17) is 0 Å². The number of benzene rings is 1. The number of rotatable bonds is 4. The summed E-state index contributed by atoms with van der Waals surface area (Å²) in [6.45, 7) is 9.19. The molecule has 1 atom stereocenters. The predicted octanol–water partition coefficient (Wildman–Crippen LogP) is 3.40. The molecule has 3 heteroatoms. The zero-order chi connectivity index (χ0) is 14.0. The van der Waals surface area contributed by atoms with Crippen LogP contribution >= 0.6 is 0 Å². The molecule has 1 unspecified atom stereocenters. The van der Waals surface area contributed by atoms with Crippen molar-refractivity contribution < 1.29 is 5.11 Å². The van der Waals surface area contributed by atoms with Crippen LogP contribution in [0.5, 0.6) is 0 Å². The second kappa shape index (κ2) is 5.33. The third-order valence-electron chi connectivity index (χ3n) is 3.69. The number of aromatic nitrogens is 2. The molecule has 0 aliphatic carbocycles.